The second-order valence-corrected chi connectivity index (χ2v) is 23.3. The van der Waals surface area contributed by atoms with Gasteiger partial charge in [-0.15, -0.1) is 0 Å². The van der Waals surface area contributed by atoms with Crippen molar-refractivity contribution in [1.82, 2.24) is 0 Å². The molecule has 1 aliphatic carbocycles. The summed E-state index contributed by atoms with van der Waals surface area (Å²) in [6.07, 6.45) is 0. The average Bonchev–Trinajstić information content (AvgIpc) is 3.60. The average molecular weight is 921 g/mol. The molecule has 1 aliphatic rings. The Hall–Kier alpha value is -7.32. The minimum atomic E-state index is -3.64. The van der Waals surface area contributed by atoms with Crippen LogP contribution in [0.15, 0.2) is 222 Å². The normalized spacial score (nSPS) is 13.9. The first-order valence-corrected chi connectivity index (χ1v) is 27.1. The van der Waals surface area contributed by atoms with E-state index in [4.69, 9.17) is 0 Å². The first kappa shape index (κ1) is 46.4. The van der Waals surface area contributed by atoms with Crippen molar-refractivity contribution < 1.29 is 0 Å². The number of hydrogen-bond donors (Lipinski definition) is 0. The highest BCUT2D eigenvalue weighted by Crippen LogP contribution is 2.48. The van der Waals surface area contributed by atoms with Crippen LogP contribution in [0.2, 0.25) is 0 Å². The number of rotatable bonds is 10. The second-order valence-electron chi connectivity index (χ2n) is 19.8. The SMILES string of the molecule is CC1=C(C)C(C)C([Si](c2c(-c3ccccc3)cc(-c3ccccc3)c(C)c2C)(c2c(-c3ccccc3)cc(-c3ccccc3)c(C)c2C)c2c(-c3ccccc3)cc(-c3ccccc3)c(C)c2C)=C1C. The van der Waals surface area contributed by atoms with Crippen molar-refractivity contribution >= 4 is 23.6 Å². The van der Waals surface area contributed by atoms with E-state index in [2.05, 4.69) is 269 Å². The quantitative estimate of drug-likeness (QED) is 0.0947. The van der Waals surface area contributed by atoms with Gasteiger partial charge in [0.25, 0.3) is 0 Å². The van der Waals surface area contributed by atoms with Gasteiger partial charge in [-0.1, -0.05) is 205 Å². The molecule has 0 saturated carbocycles. The Morgan fingerprint density at radius 3 is 0.714 bits per heavy atom. The van der Waals surface area contributed by atoms with Gasteiger partial charge in [0, 0.05) is 0 Å². The zero-order valence-corrected chi connectivity index (χ0v) is 43.6. The van der Waals surface area contributed by atoms with E-state index in [1.165, 1.54) is 132 Å². The van der Waals surface area contributed by atoms with Crippen molar-refractivity contribution in [3.63, 3.8) is 0 Å². The molecule has 70 heavy (non-hydrogen) atoms. The maximum absolute atomic E-state index is 3.64. The molecule has 0 heterocycles. The van der Waals surface area contributed by atoms with E-state index < -0.39 is 8.07 Å². The summed E-state index contributed by atoms with van der Waals surface area (Å²) in [6.45, 7) is 24.4. The standard InChI is InChI=1S/C69H64Si/c1-44-45(2)50(7)66(49(44)6)70(67-51(8)46(3)60(54-29-17-11-18-30-54)41-63(67)57-35-23-14-24-36-57,68-52(9)47(4)61(55-31-19-12-20-32-55)42-64(68)58-37-25-15-26-38-58)69-53(10)48(5)62(56-33-21-13-22-34-56)43-65(69)59-39-27-16-28-40-59/h11-43,49H,1-10H3. The molecule has 0 saturated heterocycles. The van der Waals surface area contributed by atoms with Gasteiger partial charge in [0.2, 0.25) is 0 Å². The Balaban J connectivity index is 1.56. The highest BCUT2D eigenvalue weighted by molar-refractivity contribution is 7.18. The molecule has 1 unspecified atom stereocenters. The van der Waals surface area contributed by atoms with Crippen LogP contribution in [0.3, 0.4) is 0 Å². The van der Waals surface area contributed by atoms with Crippen LogP contribution >= 0.6 is 0 Å². The van der Waals surface area contributed by atoms with Crippen LogP contribution in [0.1, 0.15) is 61.1 Å². The van der Waals surface area contributed by atoms with Crippen molar-refractivity contribution in [2.45, 2.75) is 69.2 Å². The zero-order chi connectivity index (χ0) is 48.8. The summed E-state index contributed by atoms with van der Waals surface area (Å²) >= 11 is 0. The molecule has 10 rings (SSSR count). The van der Waals surface area contributed by atoms with Crippen LogP contribution < -0.4 is 15.6 Å². The maximum atomic E-state index is 2.58. The van der Waals surface area contributed by atoms with Crippen molar-refractivity contribution in [2.75, 3.05) is 0 Å². The molecule has 0 N–H and O–H groups in total. The highest BCUT2D eigenvalue weighted by Gasteiger charge is 2.54. The van der Waals surface area contributed by atoms with Crippen molar-refractivity contribution in [2.24, 2.45) is 5.92 Å². The third-order valence-corrected chi connectivity index (χ3v) is 22.2. The van der Waals surface area contributed by atoms with E-state index in [1.807, 2.05) is 0 Å². The minimum absolute atomic E-state index is 0.179. The molecule has 0 fully saturated rings. The van der Waals surface area contributed by atoms with Crippen LogP contribution in [-0.4, -0.2) is 8.07 Å². The van der Waals surface area contributed by atoms with Gasteiger partial charge in [-0.3, -0.25) is 0 Å². The largest absolute Gasteiger partial charge is 0.179 e. The summed E-state index contributed by atoms with van der Waals surface area (Å²) < 4.78 is 0. The van der Waals surface area contributed by atoms with Gasteiger partial charge in [-0.25, -0.2) is 0 Å². The molecular weight excluding hydrogens is 857 g/mol. The Bertz CT molecular complexity index is 3140. The summed E-state index contributed by atoms with van der Waals surface area (Å²) in [7, 11) is -3.64. The summed E-state index contributed by atoms with van der Waals surface area (Å²) in [5.41, 5.74) is 27.7. The Morgan fingerprint density at radius 2 is 0.500 bits per heavy atom. The fourth-order valence-corrected chi connectivity index (χ4v) is 19.5. The summed E-state index contributed by atoms with van der Waals surface area (Å²) in [6, 6.07) is 75.0. The molecule has 0 aromatic heterocycles. The van der Waals surface area contributed by atoms with Crippen molar-refractivity contribution in [3.05, 3.63) is 255 Å². The number of benzene rings is 9. The van der Waals surface area contributed by atoms with Gasteiger partial charge in [0.1, 0.15) is 0 Å². The van der Waals surface area contributed by atoms with Crippen molar-refractivity contribution in [1.29, 1.82) is 0 Å². The molecule has 0 nitrogen and oxygen atoms in total. The first-order valence-electron chi connectivity index (χ1n) is 25.1. The Morgan fingerprint density at radius 1 is 0.271 bits per heavy atom. The predicted molar refractivity (Wildman–Crippen MR) is 305 cm³/mol. The zero-order valence-electron chi connectivity index (χ0n) is 42.6. The number of hydrogen-bond acceptors (Lipinski definition) is 0. The minimum Gasteiger partial charge on any atom is -0.0636 e. The lowest BCUT2D eigenvalue weighted by atomic mass is 9.91. The summed E-state index contributed by atoms with van der Waals surface area (Å²) in [5.74, 6) is 0.179. The van der Waals surface area contributed by atoms with Gasteiger partial charge in [0.15, 0.2) is 8.07 Å². The van der Waals surface area contributed by atoms with E-state index in [0.29, 0.717) is 0 Å². The maximum Gasteiger partial charge on any atom is 0.179 e. The molecule has 0 radical (unpaired) electrons. The van der Waals surface area contributed by atoms with Crippen LogP contribution in [-0.2, 0) is 0 Å². The van der Waals surface area contributed by atoms with Gasteiger partial charge >= 0.3 is 0 Å². The molecule has 0 aliphatic heterocycles. The van der Waals surface area contributed by atoms with E-state index >= 15 is 0 Å². The van der Waals surface area contributed by atoms with Crippen LogP contribution in [0.5, 0.6) is 0 Å². The molecule has 0 amide bonds. The lowest BCUT2D eigenvalue weighted by molar-refractivity contribution is 0.851. The third-order valence-electron chi connectivity index (χ3n) is 16.4. The van der Waals surface area contributed by atoms with E-state index in [-0.39, 0.29) is 5.92 Å². The van der Waals surface area contributed by atoms with Crippen LogP contribution in [0.25, 0.3) is 66.8 Å². The highest BCUT2D eigenvalue weighted by atomic mass is 28.3. The van der Waals surface area contributed by atoms with Crippen molar-refractivity contribution in [3.8, 4) is 66.8 Å². The van der Waals surface area contributed by atoms with E-state index in [9.17, 15) is 0 Å². The molecule has 9 aromatic carbocycles. The molecular formula is C69H64Si. The molecule has 1 atom stereocenters. The topological polar surface area (TPSA) is 0 Å². The lowest BCUT2D eigenvalue weighted by Crippen LogP contribution is -2.73. The van der Waals surface area contributed by atoms with Gasteiger partial charge in [-0.05, 0) is 208 Å². The Labute approximate surface area is 418 Å². The van der Waals surface area contributed by atoms with Gasteiger partial charge in [-0.2, -0.15) is 0 Å². The fraction of sp³-hybridized carbons (Fsp3) is 0.159. The summed E-state index contributed by atoms with van der Waals surface area (Å²) in [4.78, 5) is 0. The Kier molecular flexibility index (Phi) is 12.5. The number of allylic oxidation sites excluding steroid dienone is 4. The third kappa shape index (κ3) is 7.59. The molecule has 0 bridgehead atoms. The monoisotopic (exact) mass is 920 g/mol. The van der Waals surface area contributed by atoms with Crippen LogP contribution in [0, 0.1) is 47.5 Å². The molecule has 9 aromatic rings. The predicted octanol–water partition coefficient (Wildman–Crippen LogP) is 16.9. The smallest absolute Gasteiger partial charge is 0.0636 e. The molecule has 1 heteroatoms. The van der Waals surface area contributed by atoms with E-state index in [1.54, 1.807) is 5.20 Å². The van der Waals surface area contributed by atoms with Gasteiger partial charge in [0.05, 0.1) is 0 Å². The second kappa shape index (κ2) is 18.9. The molecule has 344 valence electrons. The van der Waals surface area contributed by atoms with Gasteiger partial charge < -0.3 is 0 Å². The molecule has 0 spiro atoms. The first-order chi connectivity index (χ1) is 33.9. The lowest BCUT2D eigenvalue weighted by Gasteiger charge is -2.46. The fourth-order valence-electron chi connectivity index (χ4n) is 12.2. The summed E-state index contributed by atoms with van der Waals surface area (Å²) in [5, 5.41) is 6.05. The van der Waals surface area contributed by atoms with E-state index in [0.717, 1.165) is 0 Å². The van der Waals surface area contributed by atoms with Crippen LogP contribution in [0.4, 0.5) is 0 Å².